The molecular formula is C19H17NO4S2. The van der Waals surface area contributed by atoms with Crippen molar-refractivity contribution >= 4 is 27.1 Å². The molecule has 0 bridgehead atoms. The van der Waals surface area contributed by atoms with E-state index in [9.17, 15) is 13.2 Å². The highest BCUT2D eigenvalue weighted by Gasteiger charge is 2.28. The Morgan fingerprint density at radius 1 is 1.15 bits per heavy atom. The molecule has 0 spiro atoms. The molecule has 4 rings (SSSR count). The minimum Gasteiger partial charge on any atom is -0.459 e. The van der Waals surface area contributed by atoms with Crippen LogP contribution in [-0.2, 0) is 28.6 Å². The normalized spacial score (nSPS) is 14.2. The van der Waals surface area contributed by atoms with Crippen LogP contribution >= 0.6 is 11.3 Å². The predicted molar refractivity (Wildman–Crippen MR) is 98.8 cm³/mol. The van der Waals surface area contributed by atoms with E-state index < -0.39 is 9.84 Å². The maximum atomic E-state index is 12.9. The molecule has 3 aromatic rings. The quantitative estimate of drug-likeness (QED) is 0.687. The van der Waals surface area contributed by atoms with Gasteiger partial charge in [0.05, 0.1) is 16.9 Å². The molecule has 0 atom stereocenters. The Morgan fingerprint density at radius 3 is 2.77 bits per heavy atom. The number of sulfone groups is 1. The minimum atomic E-state index is -3.54. The molecule has 2 aromatic heterocycles. The van der Waals surface area contributed by atoms with Crippen LogP contribution in [-0.4, -0.2) is 25.8 Å². The van der Waals surface area contributed by atoms with E-state index >= 15 is 0 Å². The second-order valence-corrected chi connectivity index (χ2v) is 9.18. The lowest BCUT2D eigenvalue weighted by molar-refractivity contribution is 0.0702. The number of carbonyl (C=O) groups is 1. The summed E-state index contributed by atoms with van der Waals surface area (Å²) in [6.45, 7) is 1.14. The lowest BCUT2D eigenvalue weighted by atomic mass is 10.1. The Bertz CT molecular complexity index is 1030. The number of benzene rings is 1. The van der Waals surface area contributed by atoms with Crippen LogP contribution in [0.3, 0.4) is 0 Å². The van der Waals surface area contributed by atoms with Crippen LogP contribution in [0, 0.1) is 0 Å². The van der Waals surface area contributed by atoms with Gasteiger partial charge in [-0.2, -0.15) is 0 Å². The number of nitrogens with zero attached hydrogens (tertiary/aromatic N) is 1. The summed E-state index contributed by atoms with van der Waals surface area (Å²) in [5.74, 6) is -0.403. The van der Waals surface area contributed by atoms with Crippen molar-refractivity contribution in [3.63, 3.8) is 0 Å². The van der Waals surface area contributed by atoms with Gasteiger partial charge in [-0.05, 0) is 41.6 Å². The van der Waals surface area contributed by atoms with Gasteiger partial charge in [-0.3, -0.25) is 4.79 Å². The van der Waals surface area contributed by atoms with E-state index in [2.05, 4.69) is 0 Å². The molecule has 1 aromatic carbocycles. The average molecular weight is 387 g/mol. The van der Waals surface area contributed by atoms with Crippen LogP contribution in [0.25, 0.3) is 0 Å². The van der Waals surface area contributed by atoms with Crippen molar-refractivity contribution in [1.82, 2.24) is 4.90 Å². The first-order chi connectivity index (χ1) is 12.5. The van der Waals surface area contributed by atoms with Gasteiger partial charge in [0.2, 0.25) is 0 Å². The minimum absolute atomic E-state index is 0.114. The van der Waals surface area contributed by atoms with Crippen LogP contribution in [0.2, 0.25) is 0 Å². The monoisotopic (exact) mass is 387 g/mol. The lowest BCUT2D eigenvalue weighted by Gasteiger charge is -2.26. The van der Waals surface area contributed by atoms with Gasteiger partial charge >= 0.3 is 0 Å². The molecule has 3 heterocycles. The van der Waals surface area contributed by atoms with E-state index in [0.29, 0.717) is 18.7 Å². The summed E-state index contributed by atoms with van der Waals surface area (Å²) in [5.41, 5.74) is 1.55. The molecule has 0 unspecified atom stereocenters. The molecule has 0 saturated heterocycles. The summed E-state index contributed by atoms with van der Waals surface area (Å²) in [7, 11) is -3.54. The second-order valence-electron chi connectivity index (χ2n) is 6.19. The van der Waals surface area contributed by atoms with Gasteiger partial charge in [0.25, 0.3) is 5.91 Å². The predicted octanol–water partition coefficient (Wildman–Crippen LogP) is 3.51. The second kappa shape index (κ2) is 6.74. The molecule has 26 heavy (non-hydrogen) atoms. The van der Waals surface area contributed by atoms with E-state index in [4.69, 9.17) is 4.42 Å². The molecule has 1 aliphatic heterocycles. The molecule has 0 N–H and O–H groups in total. The molecule has 1 amide bonds. The highest BCUT2D eigenvalue weighted by Crippen LogP contribution is 2.27. The third kappa shape index (κ3) is 3.20. The third-order valence-electron chi connectivity index (χ3n) is 4.48. The zero-order chi connectivity index (χ0) is 18.1. The van der Waals surface area contributed by atoms with Crippen molar-refractivity contribution in [3.8, 4) is 0 Å². The Kier molecular flexibility index (Phi) is 4.42. The van der Waals surface area contributed by atoms with Gasteiger partial charge in [0, 0.05) is 23.5 Å². The first kappa shape index (κ1) is 17.1. The van der Waals surface area contributed by atoms with Crippen molar-refractivity contribution in [2.45, 2.75) is 23.6 Å². The van der Waals surface area contributed by atoms with Crippen molar-refractivity contribution in [3.05, 3.63) is 75.9 Å². The summed E-state index contributed by atoms with van der Waals surface area (Å²) in [5, 5.41) is 2.03. The van der Waals surface area contributed by atoms with Crippen LogP contribution in [0.4, 0.5) is 0 Å². The van der Waals surface area contributed by atoms with Crippen molar-refractivity contribution in [2.75, 3.05) is 6.54 Å². The van der Waals surface area contributed by atoms with Crippen LogP contribution < -0.4 is 0 Å². The number of thiophene rings is 1. The Labute approximate surface area is 155 Å². The topological polar surface area (TPSA) is 67.6 Å². The third-order valence-corrected chi connectivity index (χ3v) is 7.19. The largest absolute Gasteiger partial charge is 0.459 e. The Hall–Kier alpha value is -2.38. The van der Waals surface area contributed by atoms with Crippen LogP contribution in [0.1, 0.15) is 26.6 Å². The smallest absolute Gasteiger partial charge is 0.290 e. The fourth-order valence-corrected chi connectivity index (χ4v) is 5.38. The zero-order valence-corrected chi connectivity index (χ0v) is 15.6. The van der Waals surface area contributed by atoms with E-state index in [0.717, 1.165) is 12.0 Å². The number of amides is 1. The molecule has 0 saturated carbocycles. The maximum Gasteiger partial charge on any atom is 0.290 e. The van der Waals surface area contributed by atoms with Crippen LogP contribution in [0.5, 0.6) is 0 Å². The standard InChI is InChI=1S/C19H17NO4S2/c21-19(20-9-6-17-14(12-20)8-11-25-17)18-15(7-10-24-18)13-26(22,23)16-4-2-1-3-5-16/h1-5,7-8,10-11H,6,9,12-13H2. The number of rotatable bonds is 4. The molecule has 0 radical (unpaired) electrons. The summed E-state index contributed by atoms with van der Waals surface area (Å²) in [6, 6.07) is 11.8. The highest BCUT2D eigenvalue weighted by molar-refractivity contribution is 7.90. The van der Waals surface area contributed by atoms with Crippen molar-refractivity contribution in [2.24, 2.45) is 0 Å². The average Bonchev–Trinajstić information content (AvgIpc) is 3.30. The molecule has 5 nitrogen and oxygen atoms in total. The molecule has 0 fully saturated rings. The summed E-state index contributed by atoms with van der Waals surface area (Å²) >= 11 is 1.70. The van der Waals surface area contributed by atoms with Gasteiger partial charge in [0.1, 0.15) is 0 Å². The Balaban J connectivity index is 1.57. The molecule has 7 heteroatoms. The molecule has 1 aliphatic rings. The maximum absolute atomic E-state index is 12.9. The number of carbonyl (C=O) groups excluding carboxylic acids is 1. The Morgan fingerprint density at radius 2 is 1.96 bits per heavy atom. The van der Waals surface area contributed by atoms with Crippen LogP contribution in [0.15, 0.2) is 63.4 Å². The first-order valence-electron chi connectivity index (χ1n) is 8.23. The lowest BCUT2D eigenvalue weighted by Crippen LogP contribution is -2.35. The number of hydrogen-bond donors (Lipinski definition) is 0. The van der Waals surface area contributed by atoms with E-state index in [1.165, 1.54) is 11.1 Å². The SMILES string of the molecule is O=C(c1occc1CS(=O)(=O)c1ccccc1)N1CCc2sccc2C1. The van der Waals surface area contributed by atoms with Gasteiger partial charge < -0.3 is 9.32 Å². The number of furan rings is 1. The molecular weight excluding hydrogens is 370 g/mol. The zero-order valence-electron chi connectivity index (χ0n) is 13.9. The number of hydrogen-bond acceptors (Lipinski definition) is 5. The highest BCUT2D eigenvalue weighted by atomic mass is 32.2. The molecule has 0 aliphatic carbocycles. The summed E-state index contributed by atoms with van der Waals surface area (Å²) in [4.78, 5) is 16.1. The summed E-state index contributed by atoms with van der Waals surface area (Å²) in [6.07, 6.45) is 2.19. The van der Waals surface area contributed by atoms with Gasteiger partial charge in [-0.15, -0.1) is 11.3 Å². The van der Waals surface area contributed by atoms with E-state index in [1.807, 2.05) is 11.4 Å². The van der Waals surface area contributed by atoms with Gasteiger partial charge in [-0.25, -0.2) is 8.42 Å². The fraction of sp³-hybridized carbons (Fsp3) is 0.211. The summed E-state index contributed by atoms with van der Waals surface area (Å²) < 4.78 is 30.6. The van der Waals surface area contributed by atoms with Crippen molar-refractivity contribution in [1.29, 1.82) is 0 Å². The molecule has 134 valence electrons. The van der Waals surface area contributed by atoms with E-state index in [-0.39, 0.29) is 22.3 Å². The van der Waals surface area contributed by atoms with E-state index in [1.54, 1.807) is 52.6 Å². The fourth-order valence-electron chi connectivity index (χ4n) is 3.12. The number of fused-ring (bicyclic) bond motifs is 1. The van der Waals surface area contributed by atoms with Gasteiger partial charge in [-0.1, -0.05) is 18.2 Å². The first-order valence-corrected chi connectivity index (χ1v) is 10.8. The van der Waals surface area contributed by atoms with Crippen molar-refractivity contribution < 1.29 is 17.6 Å². The van der Waals surface area contributed by atoms with Gasteiger partial charge in [0.15, 0.2) is 15.6 Å².